The van der Waals surface area contributed by atoms with E-state index in [0.717, 1.165) is 40.2 Å². The Morgan fingerprint density at radius 2 is 2.00 bits per heavy atom. The lowest BCUT2D eigenvalue weighted by molar-refractivity contribution is 0.882. The van der Waals surface area contributed by atoms with Gasteiger partial charge in [-0.3, -0.25) is 0 Å². The van der Waals surface area contributed by atoms with Crippen LogP contribution in [0.25, 0.3) is 16.9 Å². The minimum atomic E-state index is 0.712. The zero-order chi connectivity index (χ0) is 15.1. The Morgan fingerprint density at radius 3 is 2.82 bits per heavy atom. The molecule has 1 N–H and O–H groups in total. The van der Waals surface area contributed by atoms with Gasteiger partial charge in [0.1, 0.15) is 5.82 Å². The largest absolute Gasteiger partial charge is 0.369 e. The summed E-state index contributed by atoms with van der Waals surface area (Å²) in [5.41, 5.74) is 4.38. The fraction of sp³-hybridized carbons (Fsp3) is 0.118. The van der Waals surface area contributed by atoms with Gasteiger partial charge in [0, 0.05) is 27.2 Å². The summed E-state index contributed by atoms with van der Waals surface area (Å²) < 4.78 is 3.01. The van der Waals surface area contributed by atoms with Gasteiger partial charge in [0.05, 0.1) is 11.4 Å². The van der Waals surface area contributed by atoms with E-state index in [1.54, 1.807) is 0 Å². The van der Waals surface area contributed by atoms with E-state index in [9.17, 15) is 0 Å². The number of fused-ring (bicyclic) bond motifs is 1. The molecule has 0 saturated carbocycles. The lowest BCUT2D eigenvalue weighted by Gasteiger charge is -2.06. The van der Waals surface area contributed by atoms with Crippen molar-refractivity contribution in [3.05, 3.63) is 63.6 Å². The minimum absolute atomic E-state index is 0.712. The Kier molecular flexibility index (Phi) is 3.43. The van der Waals surface area contributed by atoms with Crippen LogP contribution in [0.4, 0.5) is 5.82 Å². The molecule has 0 saturated heterocycles. The number of nitrogens with zero attached hydrogens (tertiary/aromatic N) is 2. The second-order valence-corrected chi connectivity index (χ2v) is 6.61. The zero-order valence-electron chi connectivity index (χ0n) is 11.7. The number of halogens is 2. The van der Waals surface area contributed by atoms with Gasteiger partial charge in [-0.05, 0) is 36.8 Å². The molecule has 0 fully saturated rings. The van der Waals surface area contributed by atoms with Crippen molar-refractivity contribution in [1.82, 2.24) is 9.78 Å². The van der Waals surface area contributed by atoms with Crippen LogP contribution in [0, 0.1) is 0 Å². The van der Waals surface area contributed by atoms with E-state index in [1.807, 2.05) is 41.1 Å². The number of nitrogens with one attached hydrogen (secondary N) is 1. The maximum Gasteiger partial charge on any atom is 0.133 e. The van der Waals surface area contributed by atoms with Crippen LogP contribution in [-0.4, -0.2) is 16.3 Å². The van der Waals surface area contributed by atoms with E-state index in [4.69, 9.17) is 16.7 Å². The Balaban J connectivity index is 1.90. The molecule has 0 bridgehead atoms. The monoisotopic (exact) mass is 373 g/mol. The number of hydrogen-bond acceptors (Lipinski definition) is 2. The van der Waals surface area contributed by atoms with E-state index in [2.05, 4.69) is 33.4 Å². The van der Waals surface area contributed by atoms with Crippen molar-refractivity contribution in [3.63, 3.8) is 0 Å². The molecule has 1 aliphatic heterocycles. The van der Waals surface area contributed by atoms with Crippen LogP contribution < -0.4 is 5.32 Å². The predicted octanol–water partition coefficient (Wildman–Crippen LogP) is 4.92. The molecule has 22 heavy (non-hydrogen) atoms. The summed E-state index contributed by atoms with van der Waals surface area (Å²) in [6.45, 7) is 0.939. The third-order valence-corrected chi connectivity index (χ3v) is 4.53. The number of rotatable bonds is 2. The lowest BCUT2D eigenvalue weighted by Crippen LogP contribution is -2.04. The van der Waals surface area contributed by atoms with Crippen LogP contribution in [0.2, 0.25) is 5.02 Å². The first-order chi connectivity index (χ1) is 10.7. The van der Waals surface area contributed by atoms with Gasteiger partial charge in [-0.2, -0.15) is 5.10 Å². The average Bonchev–Trinajstić information content (AvgIpc) is 3.09. The van der Waals surface area contributed by atoms with Crippen molar-refractivity contribution in [3.8, 4) is 16.9 Å². The Morgan fingerprint density at radius 1 is 1.14 bits per heavy atom. The van der Waals surface area contributed by atoms with Gasteiger partial charge in [-0.25, -0.2) is 4.68 Å². The molecule has 0 atom stereocenters. The van der Waals surface area contributed by atoms with Gasteiger partial charge >= 0.3 is 0 Å². The van der Waals surface area contributed by atoms with E-state index in [1.165, 1.54) is 5.56 Å². The summed E-state index contributed by atoms with van der Waals surface area (Å²) in [5, 5.41) is 8.98. The molecule has 0 unspecified atom stereocenters. The highest BCUT2D eigenvalue weighted by Crippen LogP contribution is 2.35. The molecule has 0 amide bonds. The van der Waals surface area contributed by atoms with Crippen LogP contribution in [0.5, 0.6) is 0 Å². The Hall–Kier alpha value is -1.78. The molecule has 2 heterocycles. The molecular weight excluding hydrogens is 362 g/mol. The summed E-state index contributed by atoms with van der Waals surface area (Å²) in [6.07, 6.45) is 0.984. The molecule has 3 aromatic rings. The van der Waals surface area contributed by atoms with Gasteiger partial charge in [-0.1, -0.05) is 45.7 Å². The van der Waals surface area contributed by atoms with E-state index in [-0.39, 0.29) is 0 Å². The SMILES string of the molecule is Clc1cccc(-n2nc(-c3cccc(Br)c3)c3c2NCC3)c1. The van der Waals surface area contributed by atoms with Crippen molar-refractivity contribution >= 4 is 33.3 Å². The zero-order valence-corrected chi connectivity index (χ0v) is 14.0. The molecule has 4 rings (SSSR count). The Bertz CT molecular complexity index is 789. The van der Waals surface area contributed by atoms with Crippen molar-refractivity contribution in [2.75, 3.05) is 11.9 Å². The second-order valence-electron chi connectivity index (χ2n) is 5.25. The number of benzene rings is 2. The molecular formula is C17H13BrClN3. The average molecular weight is 375 g/mol. The first-order valence-corrected chi connectivity index (χ1v) is 8.27. The minimum Gasteiger partial charge on any atom is -0.369 e. The molecule has 0 radical (unpaired) electrons. The summed E-state index contributed by atoms with van der Waals surface area (Å²) in [4.78, 5) is 0. The van der Waals surface area contributed by atoms with Crippen molar-refractivity contribution in [1.29, 1.82) is 0 Å². The van der Waals surface area contributed by atoms with Gasteiger partial charge in [0.15, 0.2) is 0 Å². The van der Waals surface area contributed by atoms with Crippen molar-refractivity contribution in [2.24, 2.45) is 0 Å². The van der Waals surface area contributed by atoms with Crippen LogP contribution in [0.15, 0.2) is 53.0 Å². The lowest BCUT2D eigenvalue weighted by atomic mass is 10.1. The molecule has 1 aliphatic rings. The quantitative estimate of drug-likeness (QED) is 0.690. The standard InChI is InChI=1S/C17H13BrClN3/c18-12-4-1-3-11(9-12)16-15-7-8-20-17(15)22(21-16)14-6-2-5-13(19)10-14/h1-6,9-10,20H,7-8H2. The second kappa shape index (κ2) is 5.45. The highest BCUT2D eigenvalue weighted by Gasteiger charge is 2.23. The molecule has 3 nitrogen and oxygen atoms in total. The molecule has 5 heteroatoms. The molecule has 110 valence electrons. The highest BCUT2D eigenvalue weighted by atomic mass is 79.9. The fourth-order valence-corrected chi connectivity index (χ4v) is 3.42. The topological polar surface area (TPSA) is 29.9 Å². The number of aromatic nitrogens is 2. The summed E-state index contributed by atoms with van der Waals surface area (Å²) in [6, 6.07) is 16.0. The molecule has 0 spiro atoms. The smallest absolute Gasteiger partial charge is 0.133 e. The first kappa shape index (κ1) is 13.9. The van der Waals surface area contributed by atoms with E-state index >= 15 is 0 Å². The summed E-state index contributed by atoms with van der Waals surface area (Å²) >= 11 is 9.66. The highest BCUT2D eigenvalue weighted by molar-refractivity contribution is 9.10. The van der Waals surface area contributed by atoms with Gasteiger partial charge in [0.2, 0.25) is 0 Å². The Labute approximate surface area is 142 Å². The van der Waals surface area contributed by atoms with Crippen molar-refractivity contribution < 1.29 is 0 Å². The summed E-state index contributed by atoms with van der Waals surface area (Å²) in [5.74, 6) is 1.07. The predicted molar refractivity (Wildman–Crippen MR) is 93.9 cm³/mol. The summed E-state index contributed by atoms with van der Waals surface area (Å²) in [7, 11) is 0. The molecule has 1 aromatic heterocycles. The maximum absolute atomic E-state index is 6.12. The van der Waals surface area contributed by atoms with E-state index in [0.29, 0.717) is 5.02 Å². The number of hydrogen-bond donors (Lipinski definition) is 1. The molecule has 2 aromatic carbocycles. The number of anilines is 1. The van der Waals surface area contributed by atoms with Crippen LogP contribution in [0.1, 0.15) is 5.56 Å². The van der Waals surface area contributed by atoms with Crippen LogP contribution in [-0.2, 0) is 6.42 Å². The maximum atomic E-state index is 6.12. The third-order valence-electron chi connectivity index (χ3n) is 3.80. The van der Waals surface area contributed by atoms with Gasteiger partial charge in [0.25, 0.3) is 0 Å². The van der Waals surface area contributed by atoms with Crippen molar-refractivity contribution in [2.45, 2.75) is 6.42 Å². The van der Waals surface area contributed by atoms with Gasteiger partial charge in [-0.15, -0.1) is 0 Å². The van der Waals surface area contributed by atoms with Gasteiger partial charge < -0.3 is 5.32 Å². The normalized spacial score (nSPS) is 13.0. The third kappa shape index (κ3) is 2.32. The molecule has 0 aliphatic carbocycles. The van der Waals surface area contributed by atoms with Crippen LogP contribution >= 0.6 is 27.5 Å². The fourth-order valence-electron chi connectivity index (χ4n) is 2.84. The first-order valence-electron chi connectivity index (χ1n) is 7.10. The van der Waals surface area contributed by atoms with E-state index < -0.39 is 0 Å². The van der Waals surface area contributed by atoms with Crippen LogP contribution in [0.3, 0.4) is 0 Å².